The summed E-state index contributed by atoms with van der Waals surface area (Å²) in [6, 6.07) is 6.10. The average molecular weight is 245 g/mol. The Morgan fingerprint density at radius 3 is 2.61 bits per heavy atom. The third kappa shape index (κ3) is 2.31. The van der Waals surface area contributed by atoms with E-state index in [-0.39, 0.29) is 5.43 Å². The van der Waals surface area contributed by atoms with Crippen molar-refractivity contribution in [1.29, 1.82) is 0 Å². The van der Waals surface area contributed by atoms with E-state index in [2.05, 4.69) is 32.1 Å². The summed E-state index contributed by atoms with van der Waals surface area (Å²) in [6.45, 7) is 4.84. The Balaban J connectivity index is 2.70. The number of fused-ring (bicyclic) bond motifs is 1. The predicted molar refractivity (Wildman–Crippen MR) is 75.2 cm³/mol. The van der Waals surface area contributed by atoms with Crippen LogP contribution in [0.1, 0.15) is 23.7 Å². The SMILES string of the molecule is CCc1ccc2[nH]c(C)c(C[NH+](C)C)c(=O)c2c1. The van der Waals surface area contributed by atoms with Crippen molar-refractivity contribution in [3.05, 3.63) is 45.2 Å². The number of pyridine rings is 1. The highest BCUT2D eigenvalue weighted by Gasteiger charge is 2.12. The first-order valence-electron chi connectivity index (χ1n) is 6.46. The fraction of sp³-hybridized carbons (Fsp3) is 0.400. The Labute approximate surface area is 107 Å². The molecule has 0 aliphatic rings. The predicted octanol–water partition coefficient (Wildman–Crippen LogP) is 1.04. The first-order chi connectivity index (χ1) is 8.52. The van der Waals surface area contributed by atoms with Crippen LogP contribution in [0.25, 0.3) is 10.9 Å². The second-order valence-electron chi connectivity index (χ2n) is 5.18. The molecule has 0 aliphatic heterocycles. The largest absolute Gasteiger partial charge is 0.358 e. The van der Waals surface area contributed by atoms with Gasteiger partial charge in [-0.1, -0.05) is 13.0 Å². The van der Waals surface area contributed by atoms with E-state index in [4.69, 9.17) is 0 Å². The number of quaternary nitrogens is 1. The molecule has 0 aliphatic carbocycles. The Hall–Kier alpha value is -1.61. The molecule has 0 saturated heterocycles. The van der Waals surface area contributed by atoms with Crippen molar-refractivity contribution in [2.75, 3.05) is 14.1 Å². The van der Waals surface area contributed by atoms with Gasteiger partial charge in [0.2, 0.25) is 0 Å². The van der Waals surface area contributed by atoms with E-state index >= 15 is 0 Å². The van der Waals surface area contributed by atoms with Crippen LogP contribution < -0.4 is 10.3 Å². The molecule has 1 aromatic heterocycles. The third-order valence-electron chi connectivity index (χ3n) is 3.32. The van der Waals surface area contributed by atoms with Gasteiger partial charge in [-0.05, 0) is 31.0 Å². The minimum absolute atomic E-state index is 0.178. The first kappa shape index (κ1) is 12.8. The highest BCUT2D eigenvalue weighted by molar-refractivity contribution is 5.80. The summed E-state index contributed by atoms with van der Waals surface area (Å²) in [4.78, 5) is 17.1. The quantitative estimate of drug-likeness (QED) is 0.833. The molecule has 0 bridgehead atoms. The van der Waals surface area contributed by atoms with Crippen LogP contribution in [0.2, 0.25) is 0 Å². The third-order valence-corrected chi connectivity index (χ3v) is 3.32. The van der Waals surface area contributed by atoms with Crippen LogP contribution in [0.15, 0.2) is 23.0 Å². The Morgan fingerprint density at radius 1 is 1.28 bits per heavy atom. The summed E-state index contributed by atoms with van der Waals surface area (Å²) in [7, 11) is 4.12. The number of nitrogens with one attached hydrogen (secondary N) is 2. The van der Waals surface area contributed by atoms with Crippen LogP contribution in [-0.4, -0.2) is 19.1 Å². The van der Waals surface area contributed by atoms with Gasteiger partial charge in [0.25, 0.3) is 0 Å². The molecule has 0 amide bonds. The lowest BCUT2D eigenvalue weighted by Crippen LogP contribution is -3.04. The number of rotatable bonds is 3. The molecule has 0 saturated carbocycles. The van der Waals surface area contributed by atoms with Gasteiger partial charge in [-0.2, -0.15) is 0 Å². The first-order valence-corrected chi connectivity index (χ1v) is 6.46. The number of aromatic amines is 1. The van der Waals surface area contributed by atoms with Crippen LogP contribution in [-0.2, 0) is 13.0 Å². The molecule has 2 aromatic rings. The Morgan fingerprint density at radius 2 is 2.00 bits per heavy atom. The van der Waals surface area contributed by atoms with E-state index in [1.807, 2.05) is 19.1 Å². The van der Waals surface area contributed by atoms with E-state index < -0.39 is 0 Å². The second-order valence-corrected chi connectivity index (χ2v) is 5.18. The lowest BCUT2D eigenvalue weighted by Gasteiger charge is -2.11. The Bertz CT molecular complexity index is 626. The van der Waals surface area contributed by atoms with Crippen molar-refractivity contribution in [2.45, 2.75) is 26.8 Å². The molecule has 0 spiro atoms. The number of benzene rings is 1. The molecule has 18 heavy (non-hydrogen) atoms. The molecular formula is C15H21N2O+. The number of aryl methyl sites for hydroxylation is 2. The fourth-order valence-corrected chi connectivity index (χ4v) is 2.28. The summed E-state index contributed by atoms with van der Waals surface area (Å²) < 4.78 is 0. The number of aromatic nitrogens is 1. The molecule has 2 rings (SSSR count). The minimum atomic E-state index is 0.178. The molecule has 0 atom stereocenters. The highest BCUT2D eigenvalue weighted by Crippen LogP contribution is 2.13. The van der Waals surface area contributed by atoms with Gasteiger partial charge in [0, 0.05) is 16.6 Å². The zero-order valence-electron chi connectivity index (χ0n) is 11.6. The fourth-order valence-electron chi connectivity index (χ4n) is 2.28. The van der Waals surface area contributed by atoms with Gasteiger partial charge >= 0.3 is 0 Å². The molecule has 0 unspecified atom stereocenters. The molecule has 3 nitrogen and oxygen atoms in total. The lowest BCUT2D eigenvalue weighted by atomic mass is 10.0. The summed E-state index contributed by atoms with van der Waals surface area (Å²) in [6.07, 6.45) is 0.956. The van der Waals surface area contributed by atoms with Crippen molar-refractivity contribution < 1.29 is 4.90 Å². The van der Waals surface area contributed by atoms with Crippen molar-refractivity contribution in [2.24, 2.45) is 0 Å². The second kappa shape index (κ2) is 4.94. The van der Waals surface area contributed by atoms with E-state index in [1.165, 1.54) is 10.5 Å². The molecule has 96 valence electrons. The summed E-state index contributed by atoms with van der Waals surface area (Å²) in [5, 5.41) is 0.816. The molecular weight excluding hydrogens is 224 g/mol. The van der Waals surface area contributed by atoms with Crippen molar-refractivity contribution >= 4 is 10.9 Å². The van der Waals surface area contributed by atoms with Gasteiger partial charge in [0.15, 0.2) is 5.43 Å². The van der Waals surface area contributed by atoms with Gasteiger partial charge < -0.3 is 9.88 Å². The van der Waals surface area contributed by atoms with Crippen LogP contribution in [0.5, 0.6) is 0 Å². The number of H-pyrrole nitrogens is 1. The number of hydrogen-bond acceptors (Lipinski definition) is 1. The topological polar surface area (TPSA) is 37.3 Å². The van der Waals surface area contributed by atoms with Gasteiger partial charge in [-0.15, -0.1) is 0 Å². The average Bonchev–Trinajstić information content (AvgIpc) is 2.34. The van der Waals surface area contributed by atoms with E-state index in [9.17, 15) is 4.79 Å². The van der Waals surface area contributed by atoms with Crippen LogP contribution in [0.3, 0.4) is 0 Å². The van der Waals surface area contributed by atoms with Crippen molar-refractivity contribution in [3.8, 4) is 0 Å². The molecule has 1 aromatic carbocycles. The van der Waals surface area contributed by atoms with Gasteiger partial charge in [-0.3, -0.25) is 4.79 Å². The summed E-state index contributed by atoms with van der Waals surface area (Å²) in [5.74, 6) is 0. The zero-order chi connectivity index (χ0) is 13.3. The molecule has 3 heteroatoms. The van der Waals surface area contributed by atoms with Crippen molar-refractivity contribution in [1.82, 2.24) is 4.98 Å². The number of hydrogen-bond donors (Lipinski definition) is 2. The molecule has 1 heterocycles. The van der Waals surface area contributed by atoms with Crippen LogP contribution >= 0.6 is 0 Å². The van der Waals surface area contributed by atoms with Crippen molar-refractivity contribution in [3.63, 3.8) is 0 Å². The minimum Gasteiger partial charge on any atom is -0.358 e. The molecule has 0 radical (unpaired) electrons. The maximum Gasteiger partial charge on any atom is 0.198 e. The molecule has 0 fully saturated rings. The Kier molecular flexibility index (Phi) is 3.53. The maximum atomic E-state index is 12.5. The van der Waals surface area contributed by atoms with E-state index in [1.54, 1.807) is 0 Å². The lowest BCUT2D eigenvalue weighted by molar-refractivity contribution is -0.872. The van der Waals surface area contributed by atoms with Gasteiger partial charge in [-0.25, -0.2) is 0 Å². The van der Waals surface area contributed by atoms with E-state index in [0.29, 0.717) is 0 Å². The summed E-state index contributed by atoms with van der Waals surface area (Å²) in [5.41, 5.74) is 4.21. The monoisotopic (exact) mass is 245 g/mol. The van der Waals surface area contributed by atoms with Crippen LogP contribution in [0, 0.1) is 6.92 Å². The standard InChI is InChI=1S/C15H20N2O/c1-5-11-6-7-14-12(8-11)15(18)13(9-17(3)4)10(2)16-14/h6-8H,5,9H2,1-4H3,(H,16,18)/p+1. The van der Waals surface area contributed by atoms with Crippen LogP contribution in [0.4, 0.5) is 0 Å². The van der Waals surface area contributed by atoms with E-state index in [0.717, 1.165) is 35.1 Å². The highest BCUT2D eigenvalue weighted by atomic mass is 16.1. The maximum absolute atomic E-state index is 12.5. The van der Waals surface area contributed by atoms with Gasteiger partial charge in [0.05, 0.1) is 19.7 Å². The molecule has 2 N–H and O–H groups in total. The van der Waals surface area contributed by atoms with Gasteiger partial charge in [0.1, 0.15) is 6.54 Å². The summed E-state index contributed by atoms with van der Waals surface area (Å²) >= 11 is 0. The zero-order valence-corrected chi connectivity index (χ0v) is 11.6. The normalized spacial score (nSPS) is 11.4. The smallest absolute Gasteiger partial charge is 0.198 e.